The molecule has 12 nitrogen and oxygen atoms in total. The maximum Gasteiger partial charge on any atom is 0.337 e. The van der Waals surface area contributed by atoms with Crippen LogP contribution >= 0.6 is 11.3 Å². The number of carbonyl (C=O) groups is 3. The number of rotatable bonds is 7. The van der Waals surface area contributed by atoms with Crippen LogP contribution in [0.15, 0.2) is 35.3 Å². The number of nitro groups is 1. The summed E-state index contributed by atoms with van der Waals surface area (Å²) in [5.41, 5.74) is -0.105. The van der Waals surface area contributed by atoms with E-state index in [1.165, 1.54) is 45.1 Å². The van der Waals surface area contributed by atoms with Crippen LogP contribution in [0, 0.1) is 10.1 Å². The summed E-state index contributed by atoms with van der Waals surface area (Å²) in [6.45, 7) is -0.284. The Balaban J connectivity index is 2.23. The number of benzene rings is 2. The Morgan fingerprint density at radius 2 is 1.71 bits per heavy atom. The third kappa shape index (κ3) is 4.73. The number of nitrogens with zero attached hydrogens (tertiary/aromatic N) is 3. The van der Waals surface area contributed by atoms with Crippen LogP contribution in [0.5, 0.6) is 11.5 Å². The molecule has 0 radical (unpaired) electrons. The number of thiazole rings is 1. The first kappa shape index (κ1) is 24.4. The van der Waals surface area contributed by atoms with Gasteiger partial charge in [0.05, 0.1) is 55.2 Å². The molecule has 0 atom stereocenters. The molecule has 13 heteroatoms. The van der Waals surface area contributed by atoms with E-state index < -0.39 is 28.5 Å². The van der Waals surface area contributed by atoms with Crippen molar-refractivity contribution in [3.8, 4) is 11.5 Å². The lowest BCUT2D eigenvalue weighted by Gasteiger charge is -2.09. The van der Waals surface area contributed by atoms with Crippen molar-refractivity contribution in [1.29, 1.82) is 0 Å². The maximum atomic E-state index is 13.0. The maximum absolute atomic E-state index is 13.0. The van der Waals surface area contributed by atoms with Crippen molar-refractivity contribution in [1.82, 2.24) is 4.57 Å². The Kier molecular flexibility index (Phi) is 7.26. The zero-order chi connectivity index (χ0) is 25.0. The highest BCUT2D eigenvalue weighted by Gasteiger charge is 2.25. The number of carbonyl (C=O) groups excluding carboxylic acids is 3. The lowest BCUT2D eigenvalue weighted by Crippen LogP contribution is -2.22. The van der Waals surface area contributed by atoms with Gasteiger partial charge in [0.2, 0.25) is 0 Å². The molecule has 0 saturated heterocycles. The van der Waals surface area contributed by atoms with Gasteiger partial charge in [-0.2, -0.15) is 4.99 Å². The summed E-state index contributed by atoms with van der Waals surface area (Å²) in [6, 6.07) is 6.83. The molecule has 1 amide bonds. The third-order valence-corrected chi connectivity index (χ3v) is 5.79. The highest BCUT2D eigenvalue weighted by molar-refractivity contribution is 7.16. The van der Waals surface area contributed by atoms with Gasteiger partial charge in [-0.1, -0.05) is 11.3 Å². The van der Waals surface area contributed by atoms with Crippen molar-refractivity contribution in [2.45, 2.75) is 6.54 Å². The lowest BCUT2D eigenvalue weighted by atomic mass is 10.1. The summed E-state index contributed by atoms with van der Waals surface area (Å²) in [5, 5.41) is 11.6. The van der Waals surface area contributed by atoms with Gasteiger partial charge in [0.15, 0.2) is 16.3 Å². The minimum absolute atomic E-state index is 0.0662. The molecule has 0 unspecified atom stereocenters. The van der Waals surface area contributed by atoms with Crippen molar-refractivity contribution in [3.63, 3.8) is 0 Å². The van der Waals surface area contributed by atoms with Gasteiger partial charge in [0, 0.05) is 6.07 Å². The van der Waals surface area contributed by atoms with Gasteiger partial charge in [0.25, 0.3) is 11.6 Å². The van der Waals surface area contributed by atoms with Crippen LogP contribution in [-0.4, -0.2) is 55.8 Å². The summed E-state index contributed by atoms with van der Waals surface area (Å²) in [4.78, 5) is 51.9. The topological polar surface area (TPSA) is 149 Å². The van der Waals surface area contributed by atoms with E-state index in [0.717, 1.165) is 23.5 Å². The minimum Gasteiger partial charge on any atom is -0.493 e. The molecule has 1 aromatic heterocycles. The number of hydrogen-bond donors (Lipinski definition) is 0. The van der Waals surface area contributed by atoms with Gasteiger partial charge >= 0.3 is 11.9 Å². The Morgan fingerprint density at radius 1 is 1.03 bits per heavy atom. The molecule has 0 bridgehead atoms. The molecule has 0 fully saturated rings. The van der Waals surface area contributed by atoms with Crippen LogP contribution in [0.2, 0.25) is 0 Å². The SMILES string of the molecule is COC(=O)Cn1c(=NC(=O)c2cc(OC)c(OC)cc2[N+](=O)[O-])sc2cc(C(=O)OC)ccc21. The summed E-state index contributed by atoms with van der Waals surface area (Å²) in [7, 11) is 5.09. The van der Waals surface area contributed by atoms with E-state index in [2.05, 4.69) is 4.99 Å². The predicted molar refractivity (Wildman–Crippen MR) is 119 cm³/mol. The second kappa shape index (κ2) is 10.1. The average molecular weight is 489 g/mol. The van der Waals surface area contributed by atoms with Gasteiger partial charge in [-0.25, -0.2) is 4.79 Å². The van der Waals surface area contributed by atoms with Gasteiger partial charge in [-0.05, 0) is 18.2 Å². The van der Waals surface area contributed by atoms with E-state index in [-0.39, 0.29) is 34.0 Å². The van der Waals surface area contributed by atoms with Gasteiger partial charge in [-0.3, -0.25) is 19.7 Å². The number of fused-ring (bicyclic) bond motifs is 1. The van der Waals surface area contributed by atoms with Crippen LogP contribution in [0.3, 0.4) is 0 Å². The zero-order valence-corrected chi connectivity index (χ0v) is 19.3. The summed E-state index contributed by atoms with van der Waals surface area (Å²) in [5.74, 6) is -1.93. The lowest BCUT2D eigenvalue weighted by molar-refractivity contribution is -0.385. The van der Waals surface area contributed by atoms with Crippen LogP contribution in [0.4, 0.5) is 5.69 Å². The number of methoxy groups -OCH3 is 4. The predicted octanol–water partition coefficient (Wildman–Crippen LogP) is 2.33. The molecule has 0 aliphatic heterocycles. The number of aromatic nitrogens is 1. The number of amides is 1. The Bertz CT molecular complexity index is 1370. The van der Waals surface area contributed by atoms with Crippen molar-refractivity contribution < 1.29 is 38.3 Å². The molecule has 0 saturated carbocycles. The van der Waals surface area contributed by atoms with E-state index in [4.69, 9.17) is 18.9 Å². The fourth-order valence-electron chi connectivity index (χ4n) is 3.09. The largest absolute Gasteiger partial charge is 0.493 e. The smallest absolute Gasteiger partial charge is 0.337 e. The number of ether oxygens (including phenoxy) is 4. The number of hydrogen-bond acceptors (Lipinski definition) is 10. The molecule has 0 aliphatic rings. The van der Waals surface area contributed by atoms with Crippen molar-refractivity contribution in [2.24, 2.45) is 4.99 Å². The Morgan fingerprint density at radius 3 is 2.29 bits per heavy atom. The molecule has 0 aliphatic carbocycles. The van der Waals surface area contributed by atoms with Gasteiger partial charge in [-0.15, -0.1) is 0 Å². The third-order valence-electron chi connectivity index (χ3n) is 4.74. The number of nitro benzene ring substituents is 1. The molecular weight excluding hydrogens is 470 g/mol. The second-order valence-electron chi connectivity index (χ2n) is 6.62. The van der Waals surface area contributed by atoms with Gasteiger partial charge < -0.3 is 23.5 Å². The van der Waals surface area contributed by atoms with Gasteiger partial charge in [0.1, 0.15) is 12.1 Å². The minimum atomic E-state index is -0.939. The summed E-state index contributed by atoms with van der Waals surface area (Å²) >= 11 is 1.01. The van der Waals surface area contributed by atoms with E-state index in [9.17, 15) is 24.5 Å². The zero-order valence-electron chi connectivity index (χ0n) is 18.5. The molecule has 3 rings (SSSR count). The van der Waals surface area contributed by atoms with E-state index in [0.29, 0.717) is 10.2 Å². The second-order valence-corrected chi connectivity index (χ2v) is 7.63. The fraction of sp³-hybridized carbons (Fsp3) is 0.238. The Labute approximate surface area is 196 Å². The van der Waals surface area contributed by atoms with Crippen LogP contribution in [0.1, 0.15) is 20.7 Å². The standard InChI is InChI=1S/C21H19N3O9S/c1-30-15-8-12(14(24(28)29)9-16(15)31-2)19(26)22-21-23(10-18(25)32-3)13-6-5-11(20(27)33-4)7-17(13)34-21/h5-9H,10H2,1-4H3. The first-order chi connectivity index (χ1) is 16.2. The Hall–Kier alpha value is -4.26. The summed E-state index contributed by atoms with van der Waals surface area (Å²) in [6.07, 6.45) is 0. The quantitative estimate of drug-likeness (QED) is 0.277. The first-order valence-electron chi connectivity index (χ1n) is 9.52. The van der Waals surface area contributed by atoms with Crippen LogP contribution < -0.4 is 14.3 Å². The molecule has 178 valence electrons. The summed E-state index contributed by atoms with van der Waals surface area (Å²) < 4.78 is 21.6. The normalized spacial score (nSPS) is 11.2. The van der Waals surface area contributed by atoms with E-state index >= 15 is 0 Å². The highest BCUT2D eigenvalue weighted by Crippen LogP contribution is 2.34. The van der Waals surface area contributed by atoms with E-state index in [1.807, 2.05) is 0 Å². The monoisotopic (exact) mass is 489 g/mol. The molecule has 1 heterocycles. The highest BCUT2D eigenvalue weighted by atomic mass is 32.1. The average Bonchev–Trinajstić information content (AvgIpc) is 3.17. The molecule has 3 aromatic rings. The van der Waals surface area contributed by atoms with Crippen LogP contribution in [0.25, 0.3) is 10.2 Å². The fourth-order valence-corrected chi connectivity index (χ4v) is 4.15. The van der Waals surface area contributed by atoms with E-state index in [1.54, 1.807) is 6.07 Å². The van der Waals surface area contributed by atoms with Crippen LogP contribution in [-0.2, 0) is 20.8 Å². The first-order valence-corrected chi connectivity index (χ1v) is 10.3. The molecule has 2 aromatic carbocycles. The van der Waals surface area contributed by atoms with Crippen molar-refractivity contribution in [2.75, 3.05) is 28.4 Å². The van der Waals surface area contributed by atoms with Crippen molar-refractivity contribution >= 4 is 45.1 Å². The molecule has 0 N–H and O–H groups in total. The molecular formula is C21H19N3O9S. The molecule has 34 heavy (non-hydrogen) atoms. The van der Waals surface area contributed by atoms with Crippen molar-refractivity contribution in [3.05, 3.63) is 56.4 Å². The molecule has 0 spiro atoms. The number of esters is 2.